The molecule has 0 bridgehead atoms. The van der Waals surface area contributed by atoms with Crippen LogP contribution in [-0.2, 0) is 0 Å². The van der Waals surface area contributed by atoms with E-state index >= 15 is 0 Å². The van der Waals surface area contributed by atoms with E-state index in [2.05, 4.69) is 15.3 Å². The molecule has 1 aliphatic rings. The summed E-state index contributed by atoms with van der Waals surface area (Å²) in [5.41, 5.74) is 1.00. The molecule has 25 heavy (non-hydrogen) atoms. The van der Waals surface area contributed by atoms with Gasteiger partial charge in [0.15, 0.2) is 0 Å². The Bertz CT molecular complexity index is 743. The van der Waals surface area contributed by atoms with Gasteiger partial charge in [0.05, 0.1) is 12.7 Å². The summed E-state index contributed by atoms with van der Waals surface area (Å²) in [6, 6.07) is 6.95. The lowest BCUT2D eigenvalue weighted by Gasteiger charge is -2.32. The normalized spacial score (nSPS) is 14.8. The number of likely N-dealkylation sites (tertiary alicyclic amines) is 1. The Morgan fingerprint density at radius 3 is 2.64 bits per heavy atom. The number of ether oxygens (including phenoxy) is 1. The fourth-order valence-corrected chi connectivity index (χ4v) is 2.88. The second-order valence-electron chi connectivity index (χ2n) is 5.84. The van der Waals surface area contributed by atoms with Crippen molar-refractivity contribution in [2.24, 2.45) is 0 Å². The minimum atomic E-state index is -0.133. The second kappa shape index (κ2) is 7.74. The number of rotatable bonds is 4. The highest BCUT2D eigenvalue weighted by Gasteiger charge is 2.26. The average Bonchev–Trinajstić information content (AvgIpc) is 2.68. The van der Waals surface area contributed by atoms with E-state index in [0.29, 0.717) is 42.9 Å². The molecule has 1 N–H and O–H groups in total. The highest BCUT2D eigenvalue weighted by atomic mass is 16.5. The number of hydrogen-bond acceptors (Lipinski definition) is 5. The van der Waals surface area contributed by atoms with Gasteiger partial charge in [0, 0.05) is 37.7 Å². The quantitative estimate of drug-likeness (QED) is 0.912. The Morgan fingerprint density at radius 1 is 1.20 bits per heavy atom. The van der Waals surface area contributed by atoms with Crippen molar-refractivity contribution in [1.29, 1.82) is 0 Å². The van der Waals surface area contributed by atoms with E-state index in [9.17, 15) is 9.59 Å². The highest BCUT2D eigenvalue weighted by Crippen LogP contribution is 2.19. The van der Waals surface area contributed by atoms with Crippen LogP contribution in [0, 0.1) is 0 Å². The van der Waals surface area contributed by atoms with Gasteiger partial charge in [0.25, 0.3) is 11.8 Å². The van der Waals surface area contributed by atoms with E-state index in [1.807, 2.05) is 0 Å². The molecule has 1 saturated heterocycles. The summed E-state index contributed by atoms with van der Waals surface area (Å²) < 4.78 is 5.16. The fourth-order valence-electron chi connectivity index (χ4n) is 2.88. The van der Waals surface area contributed by atoms with E-state index in [1.54, 1.807) is 47.8 Å². The molecule has 7 nitrogen and oxygen atoms in total. The molecule has 2 aromatic rings. The van der Waals surface area contributed by atoms with E-state index in [-0.39, 0.29) is 17.9 Å². The number of carbonyl (C=O) groups excluding carboxylic acids is 2. The van der Waals surface area contributed by atoms with Crippen LogP contribution < -0.4 is 10.1 Å². The summed E-state index contributed by atoms with van der Waals surface area (Å²) in [5, 5.41) is 3.00. The average molecular weight is 340 g/mol. The molecule has 3 heterocycles. The standard InChI is InChI=1S/C18H20N4O3/c1-25-17-15(5-3-9-20-17)18(24)22-10-6-14(7-11-22)21-16(23)13-4-2-8-19-12-13/h2-5,8-9,12,14H,6-7,10-11H2,1H3,(H,21,23). The number of amides is 2. The Balaban J connectivity index is 1.57. The number of carbonyl (C=O) groups is 2. The molecule has 0 saturated carbocycles. The van der Waals surface area contributed by atoms with Crippen molar-refractivity contribution in [3.8, 4) is 5.88 Å². The molecule has 0 spiro atoms. The minimum absolute atomic E-state index is 0.0487. The fraction of sp³-hybridized carbons (Fsp3) is 0.333. The maximum Gasteiger partial charge on any atom is 0.259 e. The highest BCUT2D eigenvalue weighted by molar-refractivity contribution is 5.96. The van der Waals surface area contributed by atoms with Crippen LogP contribution in [0.2, 0.25) is 0 Å². The molecule has 2 aromatic heterocycles. The van der Waals surface area contributed by atoms with Gasteiger partial charge in [-0.1, -0.05) is 0 Å². The molecule has 0 atom stereocenters. The Morgan fingerprint density at radius 2 is 1.96 bits per heavy atom. The molecule has 3 rings (SSSR count). The molecular weight excluding hydrogens is 320 g/mol. The van der Waals surface area contributed by atoms with Gasteiger partial charge in [-0.05, 0) is 37.1 Å². The summed E-state index contributed by atoms with van der Waals surface area (Å²) in [7, 11) is 1.50. The first-order chi connectivity index (χ1) is 12.2. The molecule has 1 fully saturated rings. The third-order valence-electron chi connectivity index (χ3n) is 4.24. The zero-order chi connectivity index (χ0) is 17.6. The maximum absolute atomic E-state index is 12.6. The Labute approximate surface area is 146 Å². The number of nitrogens with zero attached hydrogens (tertiary/aromatic N) is 3. The smallest absolute Gasteiger partial charge is 0.259 e. The van der Waals surface area contributed by atoms with Crippen molar-refractivity contribution in [1.82, 2.24) is 20.2 Å². The van der Waals surface area contributed by atoms with E-state index in [0.717, 1.165) is 0 Å². The van der Waals surface area contributed by atoms with Gasteiger partial charge in [-0.2, -0.15) is 0 Å². The molecule has 0 aromatic carbocycles. The van der Waals surface area contributed by atoms with Gasteiger partial charge in [-0.15, -0.1) is 0 Å². The topological polar surface area (TPSA) is 84.4 Å². The van der Waals surface area contributed by atoms with Crippen molar-refractivity contribution in [3.63, 3.8) is 0 Å². The van der Waals surface area contributed by atoms with Crippen LogP contribution in [0.1, 0.15) is 33.6 Å². The molecule has 1 aliphatic heterocycles. The molecule has 0 unspecified atom stereocenters. The van der Waals surface area contributed by atoms with Gasteiger partial charge in [-0.3, -0.25) is 14.6 Å². The molecule has 2 amide bonds. The van der Waals surface area contributed by atoms with Gasteiger partial charge in [0.1, 0.15) is 5.56 Å². The third kappa shape index (κ3) is 3.93. The summed E-state index contributed by atoms with van der Waals surface area (Å²) in [6.45, 7) is 1.16. The van der Waals surface area contributed by atoms with Crippen LogP contribution >= 0.6 is 0 Å². The van der Waals surface area contributed by atoms with E-state index < -0.39 is 0 Å². The first-order valence-corrected chi connectivity index (χ1v) is 8.18. The summed E-state index contributed by atoms with van der Waals surface area (Å²) >= 11 is 0. The summed E-state index contributed by atoms with van der Waals surface area (Å²) in [4.78, 5) is 34.6. The lowest BCUT2D eigenvalue weighted by molar-refractivity contribution is 0.0694. The zero-order valence-electron chi connectivity index (χ0n) is 14.0. The van der Waals surface area contributed by atoms with Crippen molar-refractivity contribution in [3.05, 3.63) is 54.0 Å². The molecule has 0 radical (unpaired) electrons. The first-order valence-electron chi connectivity index (χ1n) is 8.18. The maximum atomic E-state index is 12.6. The molecule has 130 valence electrons. The number of aromatic nitrogens is 2. The van der Waals surface area contributed by atoms with Crippen molar-refractivity contribution in [2.75, 3.05) is 20.2 Å². The van der Waals surface area contributed by atoms with Crippen LogP contribution in [0.25, 0.3) is 0 Å². The predicted molar refractivity (Wildman–Crippen MR) is 91.4 cm³/mol. The SMILES string of the molecule is COc1ncccc1C(=O)N1CCC(NC(=O)c2cccnc2)CC1. The molecule has 0 aliphatic carbocycles. The van der Waals surface area contributed by atoms with Gasteiger partial charge in [0.2, 0.25) is 5.88 Å². The molecular formula is C18H20N4O3. The number of nitrogens with one attached hydrogen (secondary N) is 1. The first kappa shape index (κ1) is 16.9. The minimum Gasteiger partial charge on any atom is -0.480 e. The Kier molecular flexibility index (Phi) is 5.23. The van der Waals surface area contributed by atoms with Gasteiger partial charge in [-0.25, -0.2) is 4.98 Å². The van der Waals surface area contributed by atoms with Crippen molar-refractivity contribution < 1.29 is 14.3 Å². The third-order valence-corrected chi connectivity index (χ3v) is 4.24. The number of hydrogen-bond donors (Lipinski definition) is 1. The number of pyridine rings is 2. The van der Waals surface area contributed by atoms with Crippen LogP contribution in [0.4, 0.5) is 0 Å². The van der Waals surface area contributed by atoms with Crippen LogP contribution in [0.15, 0.2) is 42.9 Å². The second-order valence-corrected chi connectivity index (χ2v) is 5.84. The van der Waals surface area contributed by atoms with Crippen LogP contribution in [-0.4, -0.2) is 52.9 Å². The summed E-state index contributed by atoms with van der Waals surface area (Å²) in [6.07, 6.45) is 6.19. The number of piperidine rings is 1. The van der Waals surface area contributed by atoms with Crippen molar-refractivity contribution >= 4 is 11.8 Å². The number of methoxy groups -OCH3 is 1. The Hall–Kier alpha value is -2.96. The van der Waals surface area contributed by atoms with Crippen LogP contribution in [0.3, 0.4) is 0 Å². The van der Waals surface area contributed by atoms with Crippen molar-refractivity contribution in [2.45, 2.75) is 18.9 Å². The summed E-state index contributed by atoms with van der Waals surface area (Å²) in [5.74, 6) is 0.105. The molecule has 7 heteroatoms. The lowest BCUT2D eigenvalue weighted by atomic mass is 10.0. The monoisotopic (exact) mass is 340 g/mol. The lowest BCUT2D eigenvalue weighted by Crippen LogP contribution is -2.46. The van der Waals surface area contributed by atoms with Gasteiger partial charge < -0.3 is 15.0 Å². The zero-order valence-corrected chi connectivity index (χ0v) is 14.0. The largest absolute Gasteiger partial charge is 0.480 e. The van der Waals surface area contributed by atoms with E-state index in [1.165, 1.54) is 7.11 Å². The van der Waals surface area contributed by atoms with Crippen LogP contribution in [0.5, 0.6) is 5.88 Å². The van der Waals surface area contributed by atoms with Gasteiger partial charge >= 0.3 is 0 Å². The van der Waals surface area contributed by atoms with E-state index in [4.69, 9.17) is 4.74 Å². The predicted octanol–water partition coefficient (Wildman–Crippen LogP) is 1.52.